The third-order valence-corrected chi connectivity index (χ3v) is 18.9. The maximum atomic E-state index is 14.6. The highest BCUT2D eigenvalue weighted by atomic mass is 16.5. The first-order valence-electron chi connectivity index (χ1n) is 34.7. The number of anilines is 3. The van der Waals surface area contributed by atoms with Gasteiger partial charge < -0.3 is 62.2 Å². The van der Waals surface area contributed by atoms with Crippen LogP contribution in [-0.4, -0.2) is 132 Å². The van der Waals surface area contributed by atoms with E-state index in [2.05, 4.69) is 75.1 Å². The molecule has 0 bridgehead atoms. The number of primary amides is 1. The number of fused-ring (bicyclic) bond motifs is 2. The average Bonchev–Trinajstić information content (AvgIpc) is 0.757. The van der Waals surface area contributed by atoms with E-state index in [1.807, 2.05) is 103 Å². The molecule has 4 aromatic rings. The van der Waals surface area contributed by atoms with Crippen LogP contribution in [0.3, 0.4) is 0 Å². The zero-order valence-corrected chi connectivity index (χ0v) is 61.4. The number of aliphatic carboxylic acids is 1. The summed E-state index contributed by atoms with van der Waals surface area (Å²) in [5.41, 5.74) is 18.2. The van der Waals surface area contributed by atoms with Crippen LogP contribution in [0.2, 0.25) is 0 Å². The molecule has 1 aliphatic heterocycles. The summed E-state index contributed by atoms with van der Waals surface area (Å²) in [6.45, 7) is 24.7. The van der Waals surface area contributed by atoms with Gasteiger partial charge >= 0.3 is 18.1 Å². The number of nitrogens with one attached hydrogen (secondary N) is 8. The monoisotopic (exact) mass is 1380 g/mol. The van der Waals surface area contributed by atoms with E-state index in [0.29, 0.717) is 39.4 Å². The highest BCUT2D eigenvalue weighted by molar-refractivity contribution is 6.03. The van der Waals surface area contributed by atoms with Crippen molar-refractivity contribution in [1.82, 2.24) is 36.4 Å². The lowest BCUT2D eigenvalue weighted by molar-refractivity contribution is -0.141. The van der Waals surface area contributed by atoms with Crippen molar-refractivity contribution >= 4 is 82.0 Å². The van der Waals surface area contributed by atoms with Crippen LogP contribution in [0.25, 0.3) is 11.4 Å². The van der Waals surface area contributed by atoms with Crippen LogP contribution in [0.4, 0.5) is 26.7 Å². The van der Waals surface area contributed by atoms with Crippen LogP contribution < -0.4 is 47.9 Å². The lowest BCUT2D eigenvalue weighted by Crippen LogP contribution is -2.61. The predicted octanol–water partition coefficient (Wildman–Crippen LogP) is 11.6. The van der Waals surface area contributed by atoms with Crippen LogP contribution in [0.5, 0.6) is 0 Å². The van der Waals surface area contributed by atoms with Gasteiger partial charge in [0.2, 0.25) is 35.4 Å². The molecule has 24 heteroatoms. The number of amides is 9. The summed E-state index contributed by atoms with van der Waals surface area (Å²) in [6.07, 6.45) is 6.84. The second kappa shape index (κ2) is 37.1. The number of hydrogen-bond donors (Lipinski definition) is 10. The highest BCUT2D eigenvalue weighted by Crippen LogP contribution is 2.43. The van der Waals surface area contributed by atoms with Crippen LogP contribution in [0.15, 0.2) is 114 Å². The van der Waals surface area contributed by atoms with Crippen LogP contribution in [-0.2, 0) is 56.9 Å². The molecule has 2 unspecified atom stereocenters. The van der Waals surface area contributed by atoms with Gasteiger partial charge in [-0.15, -0.1) is 0 Å². The molecule has 0 aliphatic carbocycles. The highest BCUT2D eigenvalue weighted by Gasteiger charge is 2.43. The van der Waals surface area contributed by atoms with Crippen molar-refractivity contribution in [2.75, 3.05) is 43.2 Å². The molecular formula is C76H109N13O11. The summed E-state index contributed by atoms with van der Waals surface area (Å²) < 4.78 is 5.59. The first-order chi connectivity index (χ1) is 47.1. The second-order valence-electron chi connectivity index (χ2n) is 28.5. The molecule has 24 nitrogen and oxygen atoms in total. The molecule has 0 saturated carbocycles. The predicted molar refractivity (Wildman–Crippen MR) is 391 cm³/mol. The molecule has 11 N–H and O–H groups in total. The number of rotatable bonds is 35. The van der Waals surface area contributed by atoms with Gasteiger partial charge in [0.05, 0.1) is 30.0 Å². The molecule has 0 saturated heterocycles. The molecule has 4 aromatic carbocycles. The molecule has 0 aromatic heterocycles. The topological polar surface area (TPSA) is 339 Å². The minimum atomic E-state index is -1.15. The molecule has 5 rings (SSSR count). The number of carboxylic acid groups (broad SMARTS) is 1. The zero-order valence-electron chi connectivity index (χ0n) is 61.4. The molecule has 9 amide bonds. The summed E-state index contributed by atoms with van der Waals surface area (Å²) in [5, 5.41) is 33.6. The quantitative estimate of drug-likeness (QED) is 0.0116. The molecule has 0 spiro atoms. The molecule has 100 heavy (non-hydrogen) atoms. The van der Waals surface area contributed by atoms with E-state index in [1.54, 1.807) is 81.4 Å². The molecular weight excluding hydrogens is 1270 g/mol. The lowest BCUT2D eigenvalue weighted by Gasteiger charge is -2.43. The molecule has 0 fully saturated rings. The maximum absolute atomic E-state index is 14.6. The van der Waals surface area contributed by atoms with Gasteiger partial charge in [-0.3, -0.25) is 34.1 Å². The Morgan fingerprint density at radius 1 is 0.740 bits per heavy atom. The van der Waals surface area contributed by atoms with E-state index in [4.69, 9.17) is 16.0 Å². The van der Waals surface area contributed by atoms with Gasteiger partial charge in [0.25, 0.3) is 0 Å². The average molecular weight is 1380 g/mol. The number of carbonyl (C=O) groups is 9. The first kappa shape index (κ1) is 81.2. The summed E-state index contributed by atoms with van der Waals surface area (Å²) >= 11 is 0. The molecule has 1 heterocycles. The largest absolute Gasteiger partial charge is 0.478 e. The molecule has 0 radical (unpaired) electrons. The second-order valence-corrected chi connectivity index (χ2v) is 28.5. The number of para-hydroxylation sites is 1. The van der Waals surface area contributed by atoms with Crippen molar-refractivity contribution < 1.29 is 53.0 Å². The number of ether oxygens (including phenoxy) is 1. The van der Waals surface area contributed by atoms with Crippen molar-refractivity contribution in [3.8, 4) is 0 Å². The molecule has 6 atom stereocenters. The summed E-state index contributed by atoms with van der Waals surface area (Å²) in [6, 6.07) is 23.2. The third kappa shape index (κ3) is 22.0. The van der Waals surface area contributed by atoms with E-state index in [1.165, 1.54) is 11.8 Å². The summed E-state index contributed by atoms with van der Waals surface area (Å²) in [7, 11) is 5.31. The van der Waals surface area contributed by atoms with Crippen LogP contribution in [0, 0.1) is 22.8 Å². The number of unbranched alkanes of at least 4 members (excludes halogenated alkanes) is 3. The maximum Gasteiger partial charge on any atom is 0.411 e. The fraction of sp³-hybridized carbons (Fsp3) is 0.513. The van der Waals surface area contributed by atoms with Gasteiger partial charge in [0.1, 0.15) is 30.4 Å². The minimum absolute atomic E-state index is 0.0621. The zero-order chi connectivity index (χ0) is 74.4. The van der Waals surface area contributed by atoms with Crippen molar-refractivity contribution in [3.63, 3.8) is 0 Å². The lowest BCUT2D eigenvalue weighted by atomic mass is 9.76. The SMILES string of the molecule is CCCCCCC(C)(CC)N(C)/C1=C(\N=N)c2ccccc2N(C(=O)CCC(=O)N[C@H](C(=O)N[C@@H](CCCNC(N)=O)C(=O)Nc2ccc(COC(=O)Nc3cccc(C(C)(C)[C@H](NC)C(=O)NC(C(=O)N(C)[C@H](/C=C(\C)C(=O)O)C(C)C)C(C)(C)C)c3)cc2)C(C)C)Cc2ccccc21. The Kier molecular flexibility index (Phi) is 30.1. The fourth-order valence-corrected chi connectivity index (χ4v) is 12.5. The van der Waals surface area contributed by atoms with E-state index >= 15 is 0 Å². The third-order valence-electron chi connectivity index (χ3n) is 18.9. The number of nitrogens with zero attached hydrogens (tertiary/aromatic N) is 4. The number of likely N-dealkylation sites (N-methyl/N-ethyl adjacent to an activating group) is 2. The molecule has 544 valence electrons. The summed E-state index contributed by atoms with van der Waals surface area (Å²) in [4.78, 5) is 127. The Bertz CT molecular complexity index is 3600. The van der Waals surface area contributed by atoms with Crippen molar-refractivity contribution in [2.45, 2.75) is 209 Å². The van der Waals surface area contributed by atoms with E-state index < -0.39 is 88.7 Å². The van der Waals surface area contributed by atoms with E-state index in [-0.39, 0.29) is 74.2 Å². The van der Waals surface area contributed by atoms with E-state index in [0.717, 1.165) is 55.3 Å². The van der Waals surface area contributed by atoms with Crippen molar-refractivity contribution in [2.24, 2.45) is 28.1 Å². The van der Waals surface area contributed by atoms with Crippen LogP contribution in [0.1, 0.15) is 182 Å². The van der Waals surface area contributed by atoms with Crippen molar-refractivity contribution in [1.29, 1.82) is 5.53 Å². The minimum Gasteiger partial charge on any atom is -0.478 e. The fourth-order valence-electron chi connectivity index (χ4n) is 12.5. The van der Waals surface area contributed by atoms with E-state index in [9.17, 15) is 48.3 Å². The van der Waals surface area contributed by atoms with Gasteiger partial charge in [-0.25, -0.2) is 19.9 Å². The van der Waals surface area contributed by atoms with Gasteiger partial charge in [-0.05, 0) is 111 Å². The number of nitrogens with two attached hydrogens (primary N) is 1. The number of carbonyl (C=O) groups excluding carboxylic acids is 8. The first-order valence-corrected chi connectivity index (χ1v) is 34.7. The number of carboxylic acids is 1. The summed E-state index contributed by atoms with van der Waals surface area (Å²) in [5.74, 6) is -4.69. The van der Waals surface area contributed by atoms with Gasteiger partial charge in [-0.2, -0.15) is 5.11 Å². The Balaban J connectivity index is 1.23. The number of hydrogen-bond acceptors (Lipinski definition) is 14. The van der Waals surface area contributed by atoms with Crippen LogP contribution >= 0.6 is 0 Å². The molecule has 1 aliphatic rings. The number of benzene rings is 4. The Morgan fingerprint density at radius 2 is 1.40 bits per heavy atom. The van der Waals surface area contributed by atoms with Crippen molar-refractivity contribution in [3.05, 3.63) is 137 Å². The smallest absolute Gasteiger partial charge is 0.411 e. The normalized spacial score (nSPS) is 15.3. The van der Waals surface area contributed by atoms with Gasteiger partial charge in [0.15, 0.2) is 0 Å². The number of urea groups is 1. The van der Waals surface area contributed by atoms with Gasteiger partial charge in [0, 0.05) is 72.5 Å². The Hall–Kier alpha value is -9.45. The standard InChI is InChI=1S/C76H109N13O11/c1-17-19-20-25-41-76(13,18-2)88(16)64-55-31-22-21-28-51(55)45-89(58-34-24-23-32-56(58)63(64)86-78)61(91)40-39-60(90)84-62(48(5)6)68(93)83-57(33-27-42-80-72(77)98)67(92)81-53-37-35-50(36-38-53)46-100-73(99)82-54-30-26-29-52(44-54)75(11,12)65(79-14)69(94)85-66(74(8,9)10)70(95)87(15)59(47(3)4)43-49(7)71(96)97/h21-24,26,28-32,34-38,43-44,47-48,57,59,62,65-66,78-79H,17-20,25,27,33,39-42,45-46H2,1-16H3,(H,81,92)(H,82,99)(H,83,93)(H,84,90)(H,85,94)(H,96,97)(H3,77,80,98)/b49-43+,64-63-,86-78?/t57-,59+,62-,65+,66?,76?/m0/s1. The Labute approximate surface area is 590 Å². The Morgan fingerprint density at radius 3 is 2.00 bits per heavy atom. The van der Waals surface area contributed by atoms with Gasteiger partial charge in [-0.1, -0.05) is 175 Å².